The zero-order valence-electron chi connectivity index (χ0n) is 11.2. The van der Waals surface area contributed by atoms with Crippen LogP contribution in [-0.4, -0.2) is 69.3 Å². The van der Waals surface area contributed by atoms with E-state index in [-0.39, 0.29) is 24.8 Å². The van der Waals surface area contributed by atoms with Crippen LogP contribution in [0.25, 0.3) is 0 Å². The van der Waals surface area contributed by atoms with E-state index < -0.39 is 24.1 Å². The molecule has 0 unspecified atom stereocenters. The number of carboxylic acid groups (broad SMARTS) is 1. The number of fused-ring (bicyclic) bond motifs is 2. The molecule has 2 atom stereocenters. The number of hydrogen-bond donors (Lipinski definition) is 4. The summed E-state index contributed by atoms with van der Waals surface area (Å²) in [7, 11) is 0. The van der Waals surface area contributed by atoms with Crippen LogP contribution in [0.3, 0.4) is 0 Å². The van der Waals surface area contributed by atoms with Gasteiger partial charge in [0, 0.05) is 19.5 Å². The van der Waals surface area contributed by atoms with E-state index in [1.54, 1.807) is 0 Å². The van der Waals surface area contributed by atoms with Crippen molar-refractivity contribution in [3.05, 3.63) is 0 Å². The largest absolute Gasteiger partial charge is 0.465 e. The number of urea groups is 1. The van der Waals surface area contributed by atoms with Crippen LogP contribution in [0.5, 0.6) is 0 Å². The van der Waals surface area contributed by atoms with Crippen LogP contribution in [0.15, 0.2) is 4.99 Å². The normalized spacial score (nSPS) is 25.2. The summed E-state index contributed by atoms with van der Waals surface area (Å²) in [5.74, 6) is -0.548. The maximum Gasteiger partial charge on any atom is 0.404 e. The summed E-state index contributed by atoms with van der Waals surface area (Å²) in [5.41, 5.74) is 5.77. The summed E-state index contributed by atoms with van der Waals surface area (Å²) in [5, 5.41) is 20.7. The summed E-state index contributed by atoms with van der Waals surface area (Å²) < 4.78 is 0. The van der Waals surface area contributed by atoms with Crippen LogP contribution < -0.4 is 11.1 Å². The Morgan fingerprint density at radius 3 is 2.81 bits per heavy atom. The lowest BCUT2D eigenvalue weighted by Crippen LogP contribution is -2.48. The number of nitrogens with one attached hydrogen (secondary N) is 1. The van der Waals surface area contributed by atoms with Gasteiger partial charge >= 0.3 is 12.1 Å². The van der Waals surface area contributed by atoms with Gasteiger partial charge in [0.05, 0.1) is 12.1 Å². The lowest BCUT2D eigenvalue weighted by molar-refractivity contribution is -0.117. The second-order valence-corrected chi connectivity index (χ2v) is 4.94. The molecule has 116 valence electrons. The predicted molar refractivity (Wildman–Crippen MR) is 69.8 cm³/mol. The number of amides is 4. The first-order valence-corrected chi connectivity index (χ1v) is 6.52. The number of nitrogens with two attached hydrogens (primary N) is 1. The van der Waals surface area contributed by atoms with Crippen LogP contribution in [0.2, 0.25) is 0 Å². The van der Waals surface area contributed by atoms with E-state index >= 15 is 0 Å². The van der Waals surface area contributed by atoms with Crippen molar-refractivity contribution in [1.82, 2.24) is 15.3 Å². The van der Waals surface area contributed by atoms with Crippen LogP contribution in [0.1, 0.15) is 19.3 Å². The van der Waals surface area contributed by atoms with Crippen molar-refractivity contribution < 1.29 is 24.7 Å². The first-order valence-electron chi connectivity index (χ1n) is 6.52. The number of hydroxylamine groups is 2. The quantitative estimate of drug-likeness (QED) is 0.303. The molecule has 0 aliphatic carbocycles. The van der Waals surface area contributed by atoms with Crippen molar-refractivity contribution in [3.63, 3.8) is 0 Å². The Bertz CT molecular complexity index is 493. The molecule has 2 aliphatic heterocycles. The van der Waals surface area contributed by atoms with Gasteiger partial charge in [-0.3, -0.25) is 10.0 Å². The van der Waals surface area contributed by atoms with Gasteiger partial charge in [-0.15, -0.1) is 0 Å². The number of carbonyl (C=O) groups excluding carboxylic acids is 2. The van der Waals surface area contributed by atoms with Gasteiger partial charge in [-0.2, -0.15) is 4.99 Å². The molecule has 2 aliphatic rings. The Kier molecular flexibility index (Phi) is 4.26. The molecule has 2 heterocycles. The van der Waals surface area contributed by atoms with Gasteiger partial charge in [-0.1, -0.05) is 0 Å². The van der Waals surface area contributed by atoms with Gasteiger partial charge in [0.15, 0.2) is 0 Å². The van der Waals surface area contributed by atoms with Gasteiger partial charge in [0.1, 0.15) is 5.84 Å². The number of piperidine rings is 1. The molecular formula is C11H17N5O5. The molecule has 0 aromatic carbocycles. The Hall–Kier alpha value is -2.36. The zero-order valence-corrected chi connectivity index (χ0v) is 11.2. The van der Waals surface area contributed by atoms with E-state index in [0.29, 0.717) is 24.4 Å². The maximum atomic E-state index is 11.8. The number of nitrogens with zero attached hydrogens (tertiary/aromatic N) is 3. The minimum atomic E-state index is -1.22. The molecule has 21 heavy (non-hydrogen) atoms. The summed E-state index contributed by atoms with van der Waals surface area (Å²) >= 11 is 0. The number of carbonyl (C=O) groups is 3. The molecule has 2 fully saturated rings. The van der Waals surface area contributed by atoms with Crippen LogP contribution >= 0.6 is 0 Å². The Labute approximate surface area is 120 Å². The fourth-order valence-electron chi connectivity index (χ4n) is 2.51. The summed E-state index contributed by atoms with van der Waals surface area (Å²) in [4.78, 5) is 38.7. The molecule has 0 aromatic heterocycles. The average Bonchev–Trinajstić information content (AvgIpc) is 2.63. The molecule has 5 N–H and O–H groups in total. The van der Waals surface area contributed by atoms with Crippen molar-refractivity contribution in [2.75, 3.05) is 13.1 Å². The van der Waals surface area contributed by atoms with Crippen molar-refractivity contribution in [2.45, 2.75) is 31.3 Å². The fraction of sp³-hybridized carbons (Fsp3) is 0.636. The molecule has 0 spiro atoms. The number of hydrogen-bond acceptors (Lipinski definition) is 4. The number of rotatable bonds is 4. The lowest BCUT2D eigenvalue weighted by Gasteiger charge is -2.29. The monoisotopic (exact) mass is 299 g/mol. The summed E-state index contributed by atoms with van der Waals surface area (Å²) in [6.07, 6.45) is -0.232. The van der Waals surface area contributed by atoms with E-state index in [9.17, 15) is 19.6 Å². The van der Waals surface area contributed by atoms with Crippen molar-refractivity contribution in [2.24, 2.45) is 10.7 Å². The second kappa shape index (κ2) is 5.95. The van der Waals surface area contributed by atoms with Crippen LogP contribution in [0.4, 0.5) is 9.59 Å². The minimum absolute atomic E-state index is 0.0115. The van der Waals surface area contributed by atoms with Crippen molar-refractivity contribution in [1.29, 1.82) is 0 Å². The van der Waals surface area contributed by atoms with Crippen molar-refractivity contribution >= 4 is 23.9 Å². The first kappa shape index (κ1) is 15.0. The topological polar surface area (TPSA) is 149 Å². The van der Waals surface area contributed by atoms with Gasteiger partial charge in [0.25, 0.3) is 0 Å². The standard InChI is InChI=1S/C11H17N5O5/c12-9(14-8(17)3-4-13-10(18)19)7-2-1-6-5-15(7)11(20)16(6)21/h6-7,13,21H,1-5H2,(H,18,19)(H2,12,14,17)/t6-,7+/m1/s1. The third kappa shape index (κ3) is 3.21. The molecule has 2 bridgehead atoms. The third-order valence-electron chi connectivity index (χ3n) is 3.55. The molecule has 10 nitrogen and oxygen atoms in total. The Balaban J connectivity index is 1.94. The zero-order chi connectivity index (χ0) is 15.6. The molecule has 2 rings (SSSR count). The highest BCUT2D eigenvalue weighted by Crippen LogP contribution is 2.28. The lowest BCUT2D eigenvalue weighted by atomic mass is 10.0. The summed E-state index contributed by atoms with van der Waals surface area (Å²) in [6.45, 7) is 0.301. The third-order valence-corrected chi connectivity index (χ3v) is 3.55. The van der Waals surface area contributed by atoms with Gasteiger partial charge in [-0.05, 0) is 12.8 Å². The molecule has 4 amide bonds. The van der Waals surface area contributed by atoms with E-state index in [2.05, 4.69) is 10.3 Å². The van der Waals surface area contributed by atoms with E-state index in [4.69, 9.17) is 10.8 Å². The highest BCUT2D eigenvalue weighted by atomic mass is 16.5. The van der Waals surface area contributed by atoms with Crippen molar-refractivity contribution in [3.8, 4) is 0 Å². The fourth-order valence-corrected chi connectivity index (χ4v) is 2.51. The van der Waals surface area contributed by atoms with Crippen LogP contribution in [0, 0.1) is 0 Å². The van der Waals surface area contributed by atoms with Crippen LogP contribution in [-0.2, 0) is 4.79 Å². The summed E-state index contributed by atoms with van der Waals surface area (Å²) in [6, 6.07) is -1.29. The van der Waals surface area contributed by atoms with Gasteiger partial charge in [0.2, 0.25) is 5.91 Å². The molecular weight excluding hydrogens is 282 g/mol. The van der Waals surface area contributed by atoms with Gasteiger partial charge in [-0.25, -0.2) is 14.7 Å². The molecule has 0 radical (unpaired) electrons. The van der Waals surface area contributed by atoms with E-state index in [1.807, 2.05) is 0 Å². The molecule has 0 saturated carbocycles. The molecule has 2 saturated heterocycles. The van der Waals surface area contributed by atoms with E-state index in [1.165, 1.54) is 4.90 Å². The highest BCUT2D eigenvalue weighted by molar-refractivity contribution is 5.98. The number of amidine groups is 1. The highest BCUT2D eigenvalue weighted by Gasteiger charge is 2.45. The SMILES string of the molecule is NC(=NC(=O)CCNC(=O)O)[C@@H]1CC[C@@H]2CN1C(=O)N2O. The number of aliphatic imine (C=N–C) groups is 1. The Morgan fingerprint density at radius 1 is 1.43 bits per heavy atom. The Morgan fingerprint density at radius 2 is 2.14 bits per heavy atom. The minimum Gasteiger partial charge on any atom is -0.465 e. The average molecular weight is 299 g/mol. The van der Waals surface area contributed by atoms with Gasteiger partial charge < -0.3 is 21.1 Å². The second-order valence-electron chi connectivity index (χ2n) is 4.94. The molecule has 0 aromatic rings. The molecule has 10 heteroatoms. The van der Waals surface area contributed by atoms with E-state index in [0.717, 1.165) is 0 Å². The predicted octanol–water partition coefficient (Wildman–Crippen LogP) is -0.814. The maximum absolute atomic E-state index is 11.8. The smallest absolute Gasteiger partial charge is 0.404 e. The first-order chi connectivity index (χ1) is 9.90.